The topological polar surface area (TPSA) is 48.5 Å². The fourth-order valence-electron chi connectivity index (χ4n) is 3.84. The molecule has 1 aliphatic rings. The SMILES string of the molecule is Cc1cc(N2CCN(C)CC2)nc2ccc(NC(=O)C=Cc3ccc(C(F)(F)F)cc3F)cc12. The van der Waals surface area contributed by atoms with Crippen LogP contribution in [0.2, 0.25) is 0 Å². The van der Waals surface area contributed by atoms with Gasteiger partial charge in [-0.3, -0.25) is 4.79 Å². The maximum atomic E-state index is 14.0. The van der Waals surface area contributed by atoms with E-state index in [2.05, 4.69) is 22.2 Å². The van der Waals surface area contributed by atoms with Gasteiger partial charge in [-0.05, 0) is 62.0 Å². The van der Waals surface area contributed by atoms with Gasteiger partial charge in [-0.1, -0.05) is 6.07 Å². The first kappa shape index (κ1) is 23.7. The van der Waals surface area contributed by atoms with E-state index in [1.807, 2.05) is 25.1 Å². The first-order valence-corrected chi connectivity index (χ1v) is 10.8. The van der Waals surface area contributed by atoms with Gasteiger partial charge in [0.25, 0.3) is 0 Å². The van der Waals surface area contributed by atoms with Crippen LogP contribution in [0.4, 0.5) is 29.1 Å². The van der Waals surface area contributed by atoms with Gasteiger partial charge in [0, 0.05) is 48.9 Å². The van der Waals surface area contributed by atoms with Gasteiger partial charge in [0.15, 0.2) is 0 Å². The number of nitrogens with one attached hydrogen (secondary N) is 1. The monoisotopic (exact) mass is 472 g/mol. The number of piperazine rings is 1. The van der Waals surface area contributed by atoms with Crippen LogP contribution in [0.5, 0.6) is 0 Å². The van der Waals surface area contributed by atoms with Crippen molar-refractivity contribution in [3.05, 3.63) is 71.0 Å². The van der Waals surface area contributed by atoms with Crippen molar-refractivity contribution in [2.75, 3.05) is 43.4 Å². The smallest absolute Gasteiger partial charge is 0.354 e. The fraction of sp³-hybridized carbons (Fsp3) is 0.280. The number of hydrogen-bond donors (Lipinski definition) is 1. The molecule has 0 atom stereocenters. The first-order chi connectivity index (χ1) is 16.1. The van der Waals surface area contributed by atoms with E-state index in [1.165, 1.54) is 0 Å². The zero-order valence-corrected chi connectivity index (χ0v) is 18.8. The number of aryl methyl sites for hydroxylation is 1. The van der Waals surface area contributed by atoms with E-state index in [9.17, 15) is 22.4 Å². The summed E-state index contributed by atoms with van der Waals surface area (Å²) in [5.74, 6) is -0.655. The third kappa shape index (κ3) is 5.36. The van der Waals surface area contributed by atoms with Gasteiger partial charge in [-0.25, -0.2) is 9.37 Å². The molecule has 4 rings (SSSR count). The van der Waals surface area contributed by atoms with E-state index in [0.29, 0.717) is 11.8 Å². The first-order valence-electron chi connectivity index (χ1n) is 10.8. The molecular weight excluding hydrogens is 448 g/mol. The largest absolute Gasteiger partial charge is 0.416 e. The summed E-state index contributed by atoms with van der Waals surface area (Å²) in [6.45, 7) is 5.77. The van der Waals surface area contributed by atoms with Crippen molar-refractivity contribution in [1.29, 1.82) is 0 Å². The molecule has 2 heterocycles. The van der Waals surface area contributed by atoms with Crippen LogP contribution in [0.1, 0.15) is 16.7 Å². The van der Waals surface area contributed by atoms with Gasteiger partial charge in [-0.15, -0.1) is 0 Å². The number of amides is 1. The minimum absolute atomic E-state index is 0.113. The molecule has 1 aliphatic heterocycles. The predicted octanol–water partition coefficient (Wildman–Crippen LogP) is 5.10. The number of carbonyl (C=O) groups is 1. The second-order valence-electron chi connectivity index (χ2n) is 8.38. The van der Waals surface area contributed by atoms with Crippen LogP contribution in [0.3, 0.4) is 0 Å². The maximum Gasteiger partial charge on any atom is 0.416 e. The Morgan fingerprint density at radius 2 is 1.79 bits per heavy atom. The molecule has 9 heteroatoms. The molecule has 1 fully saturated rings. The number of rotatable bonds is 4. The highest BCUT2D eigenvalue weighted by atomic mass is 19.4. The number of pyridine rings is 1. The van der Waals surface area contributed by atoms with Crippen molar-refractivity contribution < 1.29 is 22.4 Å². The molecule has 0 spiro atoms. The van der Waals surface area contributed by atoms with Crippen molar-refractivity contribution in [3.8, 4) is 0 Å². The molecule has 2 aromatic carbocycles. The Kier molecular flexibility index (Phi) is 6.56. The van der Waals surface area contributed by atoms with Crippen LogP contribution < -0.4 is 10.2 Å². The molecule has 1 N–H and O–H groups in total. The van der Waals surface area contributed by atoms with E-state index < -0.39 is 23.5 Å². The Hall–Kier alpha value is -3.46. The van der Waals surface area contributed by atoms with Gasteiger partial charge < -0.3 is 15.1 Å². The van der Waals surface area contributed by atoms with Gasteiger partial charge >= 0.3 is 6.18 Å². The number of benzene rings is 2. The molecule has 34 heavy (non-hydrogen) atoms. The molecule has 1 aromatic heterocycles. The van der Waals surface area contributed by atoms with Crippen molar-refractivity contribution in [2.24, 2.45) is 0 Å². The number of anilines is 2. The Morgan fingerprint density at radius 3 is 2.47 bits per heavy atom. The van der Waals surface area contributed by atoms with Crippen LogP contribution >= 0.6 is 0 Å². The lowest BCUT2D eigenvalue weighted by molar-refractivity contribution is -0.137. The molecule has 3 aromatic rings. The van der Waals surface area contributed by atoms with Crippen LogP contribution in [-0.2, 0) is 11.0 Å². The highest BCUT2D eigenvalue weighted by Crippen LogP contribution is 2.30. The van der Waals surface area contributed by atoms with Gasteiger partial charge in [-0.2, -0.15) is 13.2 Å². The fourth-order valence-corrected chi connectivity index (χ4v) is 3.84. The third-order valence-electron chi connectivity index (χ3n) is 5.84. The summed E-state index contributed by atoms with van der Waals surface area (Å²) in [7, 11) is 2.10. The Labute approximate surface area is 194 Å². The summed E-state index contributed by atoms with van der Waals surface area (Å²) in [4.78, 5) is 21.6. The average molecular weight is 472 g/mol. The van der Waals surface area contributed by atoms with Gasteiger partial charge in [0.05, 0.1) is 11.1 Å². The van der Waals surface area contributed by atoms with Crippen LogP contribution in [-0.4, -0.2) is 49.0 Å². The molecule has 1 saturated heterocycles. The number of aromatic nitrogens is 1. The van der Waals surface area contributed by atoms with Crippen molar-refractivity contribution in [1.82, 2.24) is 9.88 Å². The number of likely N-dealkylation sites (N-methyl/N-ethyl adjacent to an activating group) is 1. The molecule has 0 radical (unpaired) electrons. The Balaban J connectivity index is 1.47. The minimum Gasteiger partial charge on any atom is -0.354 e. The maximum absolute atomic E-state index is 14.0. The standard InChI is InChI=1S/C25H24F4N4O/c1-16-13-23(33-11-9-32(2)10-12-33)31-22-7-6-19(15-20(16)22)30-24(34)8-4-17-3-5-18(14-21(17)26)25(27,28)29/h3-8,13-15H,9-12H2,1-2H3,(H,30,34). The van der Waals surface area contributed by atoms with Crippen molar-refractivity contribution >= 4 is 34.4 Å². The zero-order chi connectivity index (χ0) is 24.5. The normalized spacial score (nSPS) is 15.3. The van der Waals surface area contributed by atoms with Crippen molar-refractivity contribution in [2.45, 2.75) is 13.1 Å². The lowest BCUT2D eigenvalue weighted by Gasteiger charge is -2.33. The molecule has 5 nitrogen and oxygen atoms in total. The molecule has 0 unspecified atom stereocenters. The number of fused-ring (bicyclic) bond motifs is 1. The van der Waals surface area contributed by atoms with E-state index in [1.54, 1.807) is 6.07 Å². The van der Waals surface area contributed by atoms with Crippen molar-refractivity contribution in [3.63, 3.8) is 0 Å². The summed E-state index contributed by atoms with van der Waals surface area (Å²) in [6, 6.07) is 9.58. The molecule has 178 valence electrons. The molecule has 1 amide bonds. The van der Waals surface area contributed by atoms with Crippen LogP contribution in [0, 0.1) is 12.7 Å². The Morgan fingerprint density at radius 1 is 1.06 bits per heavy atom. The summed E-state index contributed by atoms with van der Waals surface area (Å²) < 4.78 is 52.0. The summed E-state index contributed by atoms with van der Waals surface area (Å²) in [6.07, 6.45) is -2.41. The van der Waals surface area contributed by atoms with Gasteiger partial charge in [0.2, 0.25) is 5.91 Å². The number of hydrogen-bond acceptors (Lipinski definition) is 4. The number of alkyl halides is 3. The highest BCUT2D eigenvalue weighted by molar-refractivity contribution is 6.03. The second kappa shape index (κ2) is 9.42. The summed E-state index contributed by atoms with van der Waals surface area (Å²) >= 11 is 0. The molecular formula is C25H24F4N4O. The van der Waals surface area contributed by atoms with E-state index >= 15 is 0 Å². The highest BCUT2D eigenvalue weighted by Gasteiger charge is 2.31. The lowest BCUT2D eigenvalue weighted by Crippen LogP contribution is -2.44. The van der Waals surface area contributed by atoms with Gasteiger partial charge in [0.1, 0.15) is 11.6 Å². The number of carbonyl (C=O) groups excluding carboxylic acids is 1. The minimum atomic E-state index is -4.63. The van der Waals surface area contributed by atoms with E-state index in [0.717, 1.165) is 72.7 Å². The van der Waals surface area contributed by atoms with Crippen LogP contribution in [0.15, 0.2) is 48.5 Å². The number of nitrogens with zero attached hydrogens (tertiary/aromatic N) is 3. The van der Waals surface area contributed by atoms with E-state index in [-0.39, 0.29) is 5.56 Å². The second-order valence-corrected chi connectivity index (χ2v) is 8.38. The molecule has 0 aliphatic carbocycles. The van der Waals surface area contributed by atoms with Crippen LogP contribution in [0.25, 0.3) is 17.0 Å². The predicted molar refractivity (Wildman–Crippen MR) is 125 cm³/mol. The molecule has 0 saturated carbocycles. The lowest BCUT2D eigenvalue weighted by atomic mass is 10.1. The number of halogens is 4. The zero-order valence-electron chi connectivity index (χ0n) is 18.8. The molecule has 0 bridgehead atoms. The van der Waals surface area contributed by atoms with E-state index in [4.69, 9.17) is 4.98 Å². The third-order valence-corrected chi connectivity index (χ3v) is 5.84. The summed E-state index contributed by atoms with van der Waals surface area (Å²) in [5, 5.41) is 3.59. The average Bonchev–Trinajstić information content (AvgIpc) is 2.78. The quantitative estimate of drug-likeness (QED) is 0.424. The Bertz CT molecular complexity index is 1250. The summed E-state index contributed by atoms with van der Waals surface area (Å²) in [5.41, 5.74) is 1.18.